The van der Waals surface area contributed by atoms with E-state index in [1.807, 2.05) is 4.90 Å². The average Bonchev–Trinajstić information content (AvgIpc) is 3.16. The van der Waals surface area contributed by atoms with Crippen LogP contribution in [0.25, 0.3) is 0 Å². The van der Waals surface area contributed by atoms with Crippen LogP contribution in [-0.2, 0) is 14.6 Å². The predicted molar refractivity (Wildman–Crippen MR) is 95.4 cm³/mol. The number of nitrogens with zero attached hydrogens (tertiary/aromatic N) is 1. The highest BCUT2D eigenvalue weighted by molar-refractivity contribution is 7.91. The molecule has 0 aliphatic carbocycles. The Labute approximate surface area is 147 Å². The molecule has 2 saturated heterocycles. The molecule has 2 aliphatic heterocycles. The van der Waals surface area contributed by atoms with Crippen LogP contribution in [0.2, 0.25) is 0 Å². The molecule has 1 N–H and O–H groups in total. The second kappa shape index (κ2) is 7.33. The predicted octanol–water partition coefficient (Wildman–Crippen LogP) is 2.19. The number of rotatable bonds is 4. The normalized spacial score (nSPS) is 25.5. The Morgan fingerprint density at radius 3 is 2.67 bits per heavy atom. The van der Waals surface area contributed by atoms with Crippen molar-refractivity contribution in [2.75, 3.05) is 30.0 Å². The van der Waals surface area contributed by atoms with Crippen LogP contribution in [0.5, 0.6) is 0 Å². The van der Waals surface area contributed by atoms with Crippen molar-refractivity contribution in [3.05, 3.63) is 30.1 Å². The van der Waals surface area contributed by atoms with Crippen molar-refractivity contribution in [3.63, 3.8) is 0 Å². The summed E-state index contributed by atoms with van der Waals surface area (Å²) in [5.41, 5.74) is 0.680. The number of anilines is 1. The molecule has 1 aromatic rings. The molecule has 8 heteroatoms. The standard InChI is InChI=1S/C16H21FN2O3S2/c17-12-3-5-13(6-4-12)18-16(23)19(10-15-2-1-8-22-15)14-7-9-24(20,21)11-14/h3-6,14-15H,1-2,7-11H2,(H,18,23)/t14-,15+/m1/s1. The van der Waals surface area contributed by atoms with Gasteiger partial charge in [0.2, 0.25) is 0 Å². The maximum absolute atomic E-state index is 13.0. The zero-order chi connectivity index (χ0) is 17.2. The molecule has 5 nitrogen and oxygen atoms in total. The lowest BCUT2D eigenvalue weighted by molar-refractivity contribution is 0.0851. The highest BCUT2D eigenvalue weighted by atomic mass is 32.2. The van der Waals surface area contributed by atoms with E-state index in [2.05, 4.69) is 5.32 Å². The van der Waals surface area contributed by atoms with Crippen LogP contribution in [0.4, 0.5) is 10.1 Å². The summed E-state index contributed by atoms with van der Waals surface area (Å²) in [6.07, 6.45) is 2.61. The summed E-state index contributed by atoms with van der Waals surface area (Å²) in [4.78, 5) is 1.93. The van der Waals surface area contributed by atoms with Gasteiger partial charge in [0.05, 0.1) is 17.6 Å². The third kappa shape index (κ3) is 4.43. The topological polar surface area (TPSA) is 58.6 Å². The van der Waals surface area contributed by atoms with Gasteiger partial charge in [0.1, 0.15) is 5.82 Å². The van der Waals surface area contributed by atoms with Gasteiger partial charge in [-0.25, -0.2) is 12.8 Å². The van der Waals surface area contributed by atoms with E-state index < -0.39 is 9.84 Å². The summed E-state index contributed by atoms with van der Waals surface area (Å²) in [6.45, 7) is 1.31. The fourth-order valence-electron chi connectivity index (χ4n) is 3.16. The van der Waals surface area contributed by atoms with E-state index in [1.54, 1.807) is 12.1 Å². The zero-order valence-corrected chi connectivity index (χ0v) is 14.9. The maximum Gasteiger partial charge on any atom is 0.173 e. The van der Waals surface area contributed by atoms with E-state index in [0.29, 0.717) is 23.8 Å². The first-order valence-electron chi connectivity index (χ1n) is 8.08. The van der Waals surface area contributed by atoms with Crippen molar-refractivity contribution in [2.24, 2.45) is 0 Å². The number of thiocarbonyl (C=S) groups is 1. The zero-order valence-electron chi connectivity index (χ0n) is 13.3. The summed E-state index contributed by atoms with van der Waals surface area (Å²) < 4.78 is 42.4. The maximum atomic E-state index is 13.0. The van der Waals surface area contributed by atoms with Crippen LogP contribution >= 0.6 is 12.2 Å². The number of halogens is 1. The van der Waals surface area contributed by atoms with E-state index in [9.17, 15) is 12.8 Å². The lowest BCUT2D eigenvalue weighted by Crippen LogP contribution is -2.47. The lowest BCUT2D eigenvalue weighted by Gasteiger charge is -2.33. The largest absolute Gasteiger partial charge is 0.376 e. The summed E-state index contributed by atoms with van der Waals surface area (Å²) in [7, 11) is -3.01. The van der Waals surface area contributed by atoms with Crippen LogP contribution < -0.4 is 5.32 Å². The van der Waals surface area contributed by atoms with Crippen molar-refractivity contribution >= 4 is 32.9 Å². The highest BCUT2D eigenvalue weighted by Crippen LogP contribution is 2.22. The van der Waals surface area contributed by atoms with Gasteiger partial charge in [-0.05, 0) is 55.7 Å². The van der Waals surface area contributed by atoms with E-state index in [4.69, 9.17) is 17.0 Å². The van der Waals surface area contributed by atoms with Gasteiger partial charge in [-0.3, -0.25) is 0 Å². The van der Waals surface area contributed by atoms with Crippen LogP contribution in [0.3, 0.4) is 0 Å². The van der Waals surface area contributed by atoms with Gasteiger partial charge in [-0.1, -0.05) is 0 Å². The van der Waals surface area contributed by atoms with Gasteiger partial charge >= 0.3 is 0 Å². The minimum Gasteiger partial charge on any atom is -0.376 e. The molecular formula is C16H21FN2O3S2. The minimum absolute atomic E-state index is 0.0706. The van der Waals surface area contributed by atoms with E-state index in [0.717, 1.165) is 19.4 Å². The van der Waals surface area contributed by atoms with Crippen molar-refractivity contribution < 1.29 is 17.5 Å². The van der Waals surface area contributed by atoms with Crippen molar-refractivity contribution in [1.29, 1.82) is 0 Å². The van der Waals surface area contributed by atoms with Crippen LogP contribution in [0, 0.1) is 5.82 Å². The molecule has 0 amide bonds. The third-order valence-corrected chi connectivity index (χ3v) is 6.52. The molecule has 0 radical (unpaired) electrons. The number of sulfone groups is 1. The molecule has 132 valence electrons. The Bertz CT molecular complexity index is 688. The van der Waals surface area contributed by atoms with Crippen molar-refractivity contribution in [3.8, 4) is 0 Å². The number of hydrogen-bond donors (Lipinski definition) is 1. The quantitative estimate of drug-likeness (QED) is 0.818. The second-order valence-corrected chi connectivity index (χ2v) is 8.90. The van der Waals surface area contributed by atoms with Crippen LogP contribution in [-0.4, -0.2) is 55.2 Å². The second-order valence-electron chi connectivity index (χ2n) is 6.28. The molecule has 0 saturated carbocycles. The van der Waals surface area contributed by atoms with E-state index in [1.165, 1.54) is 12.1 Å². The summed E-state index contributed by atoms with van der Waals surface area (Å²) >= 11 is 5.51. The first-order chi connectivity index (χ1) is 11.4. The van der Waals surface area contributed by atoms with Gasteiger partial charge in [0.15, 0.2) is 14.9 Å². The Balaban J connectivity index is 1.72. The number of benzene rings is 1. The molecule has 2 atom stereocenters. The van der Waals surface area contributed by atoms with Gasteiger partial charge in [0, 0.05) is 24.9 Å². The Hall–Kier alpha value is -1.25. The molecule has 3 rings (SSSR count). The van der Waals surface area contributed by atoms with Crippen LogP contribution in [0.1, 0.15) is 19.3 Å². The van der Waals surface area contributed by atoms with Gasteiger partial charge in [0.25, 0.3) is 0 Å². The molecule has 0 bridgehead atoms. The molecule has 24 heavy (non-hydrogen) atoms. The molecule has 2 fully saturated rings. The Kier molecular flexibility index (Phi) is 5.36. The summed E-state index contributed by atoms with van der Waals surface area (Å²) in [5, 5.41) is 3.55. The molecule has 0 unspecified atom stereocenters. The summed E-state index contributed by atoms with van der Waals surface area (Å²) in [5.74, 6) is -0.00588. The Morgan fingerprint density at radius 2 is 2.08 bits per heavy atom. The molecule has 0 aromatic heterocycles. The van der Waals surface area contributed by atoms with Crippen molar-refractivity contribution in [2.45, 2.75) is 31.4 Å². The van der Waals surface area contributed by atoms with E-state index >= 15 is 0 Å². The van der Waals surface area contributed by atoms with Crippen LogP contribution in [0.15, 0.2) is 24.3 Å². The number of nitrogens with one attached hydrogen (secondary N) is 1. The number of hydrogen-bond acceptors (Lipinski definition) is 4. The Morgan fingerprint density at radius 1 is 1.33 bits per heavy atom. The monoisotopic (exact) mass is 372 g/mol. The smallest absolute Gasteiger partial charge is 0.173 e. The first kappa shape index (κ1) is 17.6. The molecule has 0 spiro atoms. The van der Waals surface area contributed by atoms with Gasteiger partial charge in [-0.15, -0.1) is 0 Å². The summed E-state index contributed by atoms with van der Waals surface area (Å²) in [6, 6.07) is 5.79. The van der Waals surface area contributed by atoms with Gasteiger partial charge in [-0.2, -0.15) is 0 Å². The molecule has 1 aromatic carbocycles. The fraction of sp³-hybridized carbons (Fsp3) is 0.562. The third-order valence-electron chi connectivity index (χ3n) is 4.43. The minimum atomic E-state index is -3.01. The fourth-order valence-corrected chi connectivity index (χ4v) is 5.23. The lowest BCUT2D eigenvalue weighted by atomic mass is 10.2. The van der Waals surface area contributed by atoms with Crippen molar-refractivity contribution in [1.82, 2.24) is 4.90 Å². The molecule has 2 heterocycles. The van der Waals surface area contributed by atoms with Gasteiger partial charge < -0.3 is 15.0 Å². The molecule has 2 aliphatic rings. The SMILES string of the molecule is O=S1(=O)CC[C@@H](N(C[C@@H]2CCCO2)C(=S)Nc2ccc(F)cc2)C1. The highest BCUT2D eigenvalue weighted by Gasteiger charge is 2.35. The molecular weight excluding hydrogens is 351 g/mol. The average molecular weight is 372 g/mol. The number of ether oxygens (including phenoxy) is 1. The first-order valence-corrected chi connectivity index (χ1v) is 10.3. The van der Waals surface area contributed by atoms with E-state index in [-0.39, 0.29) is 29.5 Å².